The molecule has 0 saturated carbocycles. The summed E-state index contributed by atoms with van der Waals surface area (Å²) >= 11 is 0. The van der Waals surface area contributed by atoms with Crippen LogP contribution in [-0.2, 0) is 14.3 Å². The molecule has 1 N–H and O–H groups in total. The average molecular weight is 200 g/mol. The molecule has 0 unspecified atom stereocenters. The molecule has 0 aliphatic heterocycles. The Balaban J connectivity index is 0. The lowest BCUT2D eigenvalue weighted by atomic mass is 10.4. The van der Waals surface area contributed by atoms with Gasteiger partial charge in [0.05, 0.1) is 6.61 Å². The van der Waals surface area contributed by atoms with Crippen LogP contribution in [0, 0.1) is 0 Å². The van der Waals surface area contributed by atoms with Crippen molar-refractivity contribution in [1.82, 2.24) is 0 Å². The van der Waals surface area contributed by atoms with Gasteiger partial charge in [-0.1, -0.05) is 20.1 Å². The third-order valence-electron chi connectivity index (χ3n) is 0.980. The number of hydrogen-bond donors (Lipinski definition) is 1. The predicted molar refractivity (Wildman–Crippen MR) is 53.9 cm³/mol. The molecule has 0 aromatic rings. The second kappa shape index (κ2) is 9.51. The Morgan fingerprint density at radius 3 is 2.14 bits per heavy atom. The third kappa shape index (κ3) is 13.0. The number of carbonyl (C=O) groups excluding carboxylic acids is 1. The summed E-state index contributed by atoms with van der Waals surface area (Å²) in [5.41, 5.74) is 0.176. The number of carboxylic acids is 1. The highest BCUT2D eigenvalue weighted by molar-refractivity contribution is 5.84. The van der Waals surface area contributed by atoms with Crippen LogP contribution in [0.25, 0.3) is 0 Å². The number of esters is 1. The van der Waals surface area contributed by atoms with E-state index < -0.39 is 5.97 Å². The molecule has 0 bridgehead atoms. The van der Waals surface area contributed by atoms with Gasteiger partial charge in [0.25, 0.3) is 0 Å². The molecule has 0 aromatic heterocycles. The minimum Gasteiger partial charge on any atom is -0.478 e. The van der Waals surface area contributed by atoms with E-state index >= 15 is 0 Å². The van der Waals surface area contributed by atoms with E-state index in [4.69, 9.17) is 5.11 Å². The molecule has 0 atom stereocenters. The number of aliphatic carboxylic acids is 1. The van der Waals surface area contributed by atoms with Crippen molar-refractivity contribution in [3.63, 3.8) is 0 Å². The summed E-state index contributed by atoms with van der Waals surface area (Å²) in [6.45, 7) is 10.3. The van der Waals surface area contributed by atoms with Gasteiger partial charge >= 0.3 is 11.9 Å². The molecule has 0 spiro atoms. The Hall–Kier alpha value is -1.58. The minimum atomic E-state index is -0.935. The first-order valence-electron chi connectivity index (χ1n) is 4.13. The van der Waals surface area contributed by atoms with Gasteiger partial charge in [-0.2, -0.15) is 0 Å². The molecule has 0 fully saturated rings. The number of carboxylic acid groups (broad SMARTS) is 1. The molecule has 0 amide bonds. The van der Waals surface area contributed by atoms with Crippen molar-refractivity contribution in [2.75, 3.05) is 6.61 Å². The highest BCUT2D eigenvalue weighted by Crippen LogP contribution is 1.81. The largest absolute Gasteiger partial charge is 0.478 e. The minimum absolute atomic E-state index is 0.176. The quantitative estimate of drug-likeness (QED) is 0.555. The van der Waals surface area contributed by atoms with Crippen LogP contribution in [0.3, 0.4) is 0 Å². The van der Waals surface area contributed by atoms with Gasteiger partial charge in [-0.3, -0.25) is 0 Å². The van der Waals surface area contributed by atoms with E-state index in [0.29, 0.717) is 6.61 Å². The first kappa shape index (κ1) is 14.9. The van der Waals surface area contributed by atoms with Crippen molar-refractivity contribution in [1.29, 1.82) is 0 Å². The second-order valence-electron chi connectivity index (χ2n) is 2.46. The molecular formula is C10H16O4. The highest BCUT2D eigenvalue weighted by atomic mass is 16.5. The Bertz CT molecular complexity index is 206. The third-order valence-corrected chi connectivity index (χ3v) is 0.980. The molecular weight excluding hydrogens is 184 g/mol. The maximum atomic E-state index is 10.2. The van der Waals surface area contributed by atoms with Crippen LogP contribution in [-0.4, -0.2) is 23.7 Å². The normalized spacial score (nSPS) is 7.86. The van der Waals surface area contributed by atoms with Gasteiger partial charge < -0.3 is 9.84 Å². The summed E-state index contributed by atoms with van der Waals surface area (Å²) in [5, 5.41) is 7.89. The van der Waals surface area contributed by atoms with Crippen molar-refractivity contribution >= 4 is 11.9 Å². The van der Waals surface area contributed by atoms with Crippen molar-refractivity contribution < 1.29 is 19.4 Å². The standard InChI is InChI=1S/C6H10O2.C4H6O2/c1-3-5-8-6(7)4-2;1-3(2)4(5)6/h4H,2-3,5H2,1H3;1H2,2H3,(H,5,6). The molecule has 0 heterocycles. The fourth-order valence-corrected chi connectivity index (χ4v) is 0.262. The van der Waals surface area contributed by atoms with Crippen molar-refractivity contribution in [2.24, 2.45) is 0 Å². The fraction of sp³-hybridized carbons (Fsp3) is 0.400. The molecule has 14 heavy (non-hydrogen) atoms. The van der Waals surface area contributed by atoms with Crippen LogP contribution in [0.15, 0.2) is 24.8 Å². The Morgan fingerprint density at radius 2 is 1.93 bits per heavy atom. The molecule has 0 aliphatic carbocycles. The Kier molecular flexibility index (Phi) is 10.1. The van der Waals surface area contributed by atoms with Crippen LogP contribution in [0.2, 0.25) is 0 Å². The molecule has 4 nitrogen and oxygen atoms in total. The zero-order valence-electron chi connectivity index (χ0n) is 8.58. The van der Waals surface area contributed by atoms with Crippen molar-refractivity contribution in [3.05, 3.63) is 24.8 Å². The molecule has 0 rings (SSSR count). The maximum absolute atomic E-state index is 10.2. The second-order valence-corrected chi connectivity index (χ2v) is 2.46. The van der Waals surface area contributed by atoms with Gasteiger partial charge in [0.15, 0.2) is 0 Å². The average Bonchev–Trinajstić information content (AvgIpc) is 2.14. The monoisotopic (exact) mass is 200 g/mol. The van der Waals surface area contributed by atoms with Crippen LogP contribution in [0.5, 0.6) is 0 Å². The van der Waals surface area contributed by atoms with Crippen LogP contribution >= 0.6 is 0 Å². The predicted octanol–water partition coefficient (Wildman–Crippen LogP) is 1.77. The lowest BCUT2D eigenvalue weighted by Gasteiger charge is -1.94. The first-order valence-corrected chi connectivity index (χ1v) is 4.13. The van der Waals surface area contributed by atoms with Crippen molar-refractivity contribution in [3.8, 4) is 0 Å². The van der Waals surface area contributed by atoms with E-state index in [1.54, 1.807) is 0 Å². The van der Waals surface area contributed by atoms with Gasteiger partial charge in [-0.15, -0.1) is 0 Å². The van der Waals surface area contributed by atoms with E-state index in [0.717, 1.165) is 12.5 Å². The lowest BCUT2D eigenvalue weighted by molar-refractivity contribution is -0.137. The molecule has 0 radical (unpaired) electrons. The van der Waals surface area contributed by atoms with Gasteiger partial charge in [-0.25, -0.2) is 9.59 Å². The fourth-order valence-electron chi connectivity index (χ4n) is 0.262. The van der Waals surface area contributed by atoms with E-state index in [1.807, 2.05) is 6.92 Å². The Morgan fingerprint density at radius 1 is 1.50 bits per heavy atom. The maximum Gasteiger partial charge on any atom is 0.330 e. The van der Waals surface area contributed by atoms with Gasteiger partial charge in [0.1, 0.15) is 0 Å². The molecule has 0 aliphatic rings. The summed E-state index contributed by atoms with van der Waals surface area (Å²) < 4.78 is 4.58. The van der Waals surface area contributed by atoms with Gasteiger partial charge in [0, 0.05) is 11.6 Å². The SMILES string of the molecule is C=C(C)C(=O)O.C=CC(=O)OCCC. The van der Waals surface area contributed by atoms with Crippen LogP contribution in [0.1, 0.15) is 20.3 Å². The number of rotatable bonds is 4. The van der Waals surface area contributed by atoms with Gasteiger partial charge in [-0.05, 0) is 13.3 Å². The zero-order chi connectivity index (χ0) is 11.6. The molecule has 0 saturated heterocycles. The molecule has 80 valence electrons. The molecule has 4 heteroatoms. The first-order chi connectivity index (χ1) is 6.45. The molecule has 0 aromatic carbocycles. The van der Waals surface area contributed by atoms with Crippen LogP contribution < -0.4 is 0 Å². The van der Waals surface area contributed by atoms with E-state index in [2.05, 4.69) is 17.9 Å². The highest BCUT2D eigenvalue weighted by Gasteiger charge is 1.90. The number of carbonyl (C=O) groups is 2. The van der Waals surface area contributed by atoms with Crippen molar-refractivity contribution in [2.45, 2.75) is 20.3 Å². The van der Waals surface area contributed by atoms with E-state index in [-0.39, 0.29) is 11.5 Å². The topological polar surface area (TPSA) is 63.6 Å². The zero-order valence-corrected chi connectivity index (χ0v) is 8.58. The van der Waals surface area contributed by atoms with Crippen LogP contribution in [0.4, 0.5) is 0 Å². The number of hydrogen-bond acceptors (Lipinski definition) is 3. The summed E-state index contributed by atoms with van der Waals surface area (Å²) in [6.07, 6.45) is 2.02. The summed E-state index contributed by atoms with van der Waals surface area (Å²) in [5.74, 6) is -1.28. The summed E-state index contributed by atoms with van der Waals surface area (Å²) in [6, 6.07) is 0. The summed E-state index contributed by atoms with van der Waals surface area (Å²) in [4.78, 5) is 19.8. The number of ether oxygens (including phenoxy) is 1. The smallest absolute Gasteiger partial charge is 0.330 e. The van der Waals surface area contributed by atoms with E-state index in [1.165, 1.54) is 6.92 Å². The Labute approximate surface area is 83.9 Å². The summed E-state index contributed by atoms with van der Waals surface area (Å²) in [7, 11) is 0. The van der Waals surface area contributed by atoms with E-state index in [9.17, 15) is 9.59 Å². The van der Waals surface area contributed by atoms with Gasteiger partial charge in [0.2, 0.25) is 0 Å². The lowest BCUT2D eigenvalue weighted by Crippen LogP contribution is -1.99.